The molecule has 2 aromatic carbocycles. The Morgan fingerprint density at radius 2 is 1.72 bits per heavy atom. The van der Waals surface area contributed by atoms with Crippen LogP contribution in [0.1, 0.15) is 27.2 Å². The van der Waals surface area contributed by atoms with Crippen LogP contribution in [0.3, 0.4) is 0 Å². The fraction of sp³-hybridized carbons (Fsp3) is 0.208. The molecule has 1 heterocycles. The minimum atomic E-state index is -0.934. The third-order valence-corrected chi connectivity index (χ3v) is 4.82. The molecule has 0 bridgehead atoms. The molecule has 3 rings (SSSR count). The van der Waals surface area contributed by atoms with Crippen molar-refractivity contribution in [1.29, 1.82) is 0 Å². The minimum absolute atomic E-state index is 0.0849. The summed E-state index contributed by atoms with van der Waals surface area (Å²) in [6, 6.07) is 16.9. The van der Waals surface area contributed by atoms with E-state index in [4.69, 9.17) is 9.15 Å². The van der Waals surface area contributed by atoms with Gasteiger partial charge in [0.2, 0.25) is 0 Å². The molecule has 8 nitrogen and oxygen atoms in total. The van der Waals surface area contributed by atoms with E-state index in [1.807, 2.05) is 56.3 Å². The van der Waals surface area contributed by atoms with E-state index in [1.165, 1.54) is 12.3 Å². The molecule has 0 radical (unpaired) electrons. The number of amides is 3. The predicted octanol–water partition coefficient (Wildman–Crippen LogP) is 2.46. The molecule has 32 heavy (non-hydrogen) atoms. The van der Waals surface area contributed by atoms with Crippen molar-refractivity contribution >= 4 is 17.7 Å². The number of ether oxygens (including phenoxy) is 1. The summed E-state index contributed by atoms with van der Waals surface area (Å²) in [5.74, 6) is -1.000. The molecule has 0 aliphatic carbocycles. The number of hydrogen-bond donors (Lipinski definition) is 3. The Labute approximate surface area is 185 Å². The Bertz CT molecular complexity index is 1060. The SMILES string of the molecule is Cc1ccc(OCC(=O)NNC(=O)[C@H](Cc2ccccc2)NC(=O)c2ccco2)cc1C. The van der Waals surface area contributed by atoms with Gasteiger partial charge in [-0.15, -0.1) is 0 Å². The molecule has 0 saturated heterocycles. The van der Waals surface area contributed by atoms with Crippen molar-refractivity contribution in [1.82, 2.24) is 16.2 Å². The lowest BCUT2D eigenvalue weighted by Gasteiger charge is -2.18. The number of aryl methyl sites for hydroxylation is 2. The van der Waals surface area contributed by atoms with Gasteiger partial charge in [0.25, 0.3) is 17.7 Å². The predicted molar refractivity (Wildman–Crippen MR) is 118 cm³/mol. The molecular formula is C24H25N3O5. The first-order valence-corrected chi connectivity index (χ1v) is 10.1. The van der Waals surface area contributed by atoms with Crippen molar-refractivity contribution in [3.63, 3.8) is 0 Å². The van der Waals surface area contributed by atoms with E-state index in [1.54, 1.807) is 12.1 Å². The summed E-state index contributed by atoms with van der Waals surface area (Å²) in [5, 5.41) is 2.63. The maximum absolute atomic E-state index is 12.7. The van der Waals surface area contributed by atoms with Crippen LogP contribution in [0.2, 0.25) is 0 Å². The third kappa shape index (κ3) is 6.46. The van der Waals surface area contributed by atoms with Crippen LogP contribution in [0.4, 0.5) is 0 Å². The van der Waals surface area contributed by atoms with E-state index in [2.05, 4.69) is 16.2 Å². The smallest absolute Gasteiger partial charge is 0.287 e. The first-order chi connectivity index (χ1) is 15.4. The molecular weight excluding hydrogens is 410 g/mol. The van der Waals surface area contributed by atoms with Gasteiger partial charge in [0, 0.05) is 6.42 Å². The number of carbonyl (C=O) groups is 3. The van der Waals surface area contributed by atoms with Gasteiger partial charge in [0.05, 0.1) is 6.26 Å². The number of benzene rings is 2. The van der Waals surface area contributed by atoms with Crippen LogP contribution >= 0.6 is 0 Å². The second kappa shape index (κ2) is 10.8. The zero-order valence-corrected chi connectivity index (χ0v) is 17.9. The Hall–Kier alpha value is -4.07. The normalized spacial score (nSPS) is 11.3. The van der Waals surface area contributed by atoms with Gasteiger partial charge in [-0.1, -0.05) is 36.4 Å². The van der Waals surface area contributed by atoms with E-state index in [-0.39, 0.29) is 18.8 Å². The average molecular weight is 435 g/mol. The van der Waals surface area contributed by atoms with Crippen LogP contribution in [0.5, 0.6) is 5.75 Å². The molecule has 8 heteroatoms. The Balaban J connectivity index is 1.56. The van der Waals surface area contributed by atoms with Crippen molar-refractivity contribution in [2.45, 2.75) is 26.3 Å². The van der Waals surface area contributed by atoms with Crippen molar-refractivity contribution in [2.75, 3.05) is 6.61 Å². The lowest BCUT2D eigenvalue weighted by Crippen LogP contribution is -2.53. The Morgan fingerprint density at radius 1 is 0.938 bits per heavy atom. The summed E-state index contributed by atoms with van der Waals surface area (Å²) >= 11 is 0. The van der Waals surface area contributed by atoms with E-state index in [0.29, 0.717) is 5.75 Å². The fourth-order valence-corrected chi connectivity index (χ4v) is 2.90. The second-order valence-corrected chi connectivity index (χ2v) is 7.27. The van der Waals surface area contributed by atoms with Crippen molar-refractivity contribution in [3.05, 3.63) is 89.4 Å². The quantitative estimate of drug-likeness (QED) is 0.471. The number of carbonyl (C=O) groups excluding carboxylic acids is 3. The van der Waals surface area contributed by atoms with Crippen molar-refractivity contribution in [2.24, 2.45) is 0 Å². The highest BCUT2D eigenvalue weighted by Gasteiger charge is 2.23. The van der Waals surface area contributed by atoms with Gasteiger partial charge in [0.15, 0.2) is 12.4 Å². The largest absolute Gasteiger partial charge is 0.484 e. The average Bonchev–Trinajstić information content (AvgIpc) is 3.33. The highest BCUT2D eigenvalue weighted by molar-refractivity contribution is 5.96. The molecule has 0 fully saturated rings. The van der Waals surface area contributed by atoms with Gasteiger partial charge in [-0.25, -0.2) is 0 Å². The molecule has 166 valence electrons. The first kappa shape index (κ1) is 22.6. The molecule has 0 unspecified atom stereocenters. The van der Waals surface area contributed by atoms with Crippen molar-refractivity contribution in [3.8, 4) is 5.75 Å². The van der Waals surface area contributed by atoms with Crippen LogP contribution in [0.25, 0.3) is 0 Å². The molecule has 0 saturated carbocycles. The molecule has 3 aromatic rings. The number of rotatable bonds is 8. The monoisotopic (exact) mass is 435 g/mol. The number of hydrazine groups is 1. The summed E-state index contributed by atoms with van der Waals surface area (Å²) in [7, 11) is 0. The summed E-state index contributed by atoms with van der Waals surface area (Å²) in [4.78, 5) is 37.2. The van der Waals surface area contributed by atoms with Gasteiger partial charge in [-0.2, -0.15) is 0 Å². The van der Waals surface area contributed by atoms with Gasteiger partial charge < -0.3 is 14.5 Å². The highest BCUT2D eigenvalue weighted by Crippen LogP contribution is 2.16. The van der Waals surface area contributed by atoms with E-state index in [0.717, 1.165) is 16.7 Å². The molecule has 1 atom stereocenters. The molecule has 0 aliphatic heterocycles. The number of nitrogens with one attached hydrogen (secondary N) is 3. The van der Waals surface area contributed by atoms with E-state index >= 15 is 0 Å². The highest BCUT2D eigenvalue weighted by atomic mass is 16.5. The van der Waals surface area contributed by atoms with E-state index < -0.39 is 23.8 Å². The van der Waals surface area contributed by atoms with Crippen LogP contribution in [0.15, 0.2) is 71.3 Å². The lowest BCUT2D eigenvalue weighted by molar-refractivity contribution is -0.130. The van der Waals surface area contributed by atoms with Gasteiger partial charge in [-0.05, 0) is 54.8 Å². The summed E-state index contributed by atoms with van der Waals surface area (Å²) in [6.45, 7) is 3.66. The second-order valence-electron chi connectivity index (χ2n) is 7.27. The van der Waals surface area contributed by atoms with Crippen LogP contribution in [-0.2, 0) is 16.0 Å². The number of hydrogen-bond acceptors (Lipinski definition) is 5. The summed E-state index contributed by atoms with van der Waals surface area (Å²) in [6.07, 6.45) is 1.60. The maximum atomic E-state index is 12.7. The van der Waals surface area contributed by atoms with Crippen LogP contribution in [-0.4, -0.2) is 30.4 Å². The van der Waals surface area contributed by atoms with Gasteiger partial charge in [0.1, 0.15) is 11.8 Å². The lowest BCUT2D eigenvalue weighted by atomic mass is 10.1. The molecule has 3 N–H and O–H groups in total. The molecule has 0 spiro atoms. The molecule has 3 amide bonds. The summed E-state index contributed by atoms with van der Waals surface area (Å²) < 4.78 is 10.5. The van der Waals surface area contributed by atoms with Crippen LogP contribution < -0.4 is 20.9 Å². The molecule has 0 aliphatic rings. The van der Waals surface area contributed by atoms with Gasteiger partial charge in [-0.3, -0.25) is 25.2 Å². The summed E-state index contributed by atoms with van der Waals surface area (Å²) in [5.41, 5.74) is 7.67. The number of furan rings is 1. The zero-order chi connectivity index (χ0) is 22.9. The maximum Gasteiger partial charge on any atom is 0.287 e. The zero-order valence-electron chi connectivity index (χ0n) is 17.9. The minimum Gasteiger partial charge on any atom is -0.484 e. The molecule has 1 aromatic heterocycles. The fourth-order valence-electron chi connectivity index (χ4n) is 2.90. The van der Waals surface area contributed by atoms with Crippen molar-refractivity contribution < 1.29 is 23.5 Å². The first-order valence-electron chi connectivity index (χ1n) is 10.1. The van der Waals surface area contributed by atoms with Gasteiger partial charge >= 0.3 is 0 Å². The standard InChI is InChI=1S/C24H25N3O5/c1-16-10-11-19(13-17(16)2)32-15-22(28)26-27-23(29)20(14-18-7-4-3-5-8-18)25-24(30)21-9-6-12-31-21/h3-13,20H,14-15H2,1-2H3,(H,25,30)(H,26,28)(H,27,29)/t20-/m0/s1. The van der Waals surface area contributed by atoms with Crippen LogP contribution in [0, 0.1) is 13.8 Å². The van der Waals surface area contributed by atoms with E-state index in [9.17, 15) is 14.4 Å². The Kier molecular flexibility index (Phi) is 7.64. The Morgan fingerprint density at radius 3 is 2.41 bits per heavy atom. The topological polar surface area (TPSA) is 110 Å². The third-order valence-electron chi connectivity index (χ3n) is 4.82.